The third kappa shape index (κ3) is 5.64. The van der Waals surface area contributed by atoms with Crippen molar-refractivity contribution in [3.63, 3.8) is 0 Å². The number of nitrogens with zero attached hydrogens (tertiary/aromatic N) is 2. The molecule has 0 unspecified atom stereocenters. The Morgan fingerprint density at radius 2 is 1.95 bits per heavy atom. The van der Waals surface area contributed by atoms with E-state index in [1.165, 1.54) is 5.56 Å². The van der Waals surface area contributed by atoms with E-state index >= 15 is 0 Å². The van der Waals surface area contributed by atoms with E-state index in [-0.39, 0.29) is 0 Å². The first-order valence-electron chi connectivity index (χ1n) is 8.10. The van der Waals surface area contributed by atoms with Crippen LogP contribution in [0.5, 0.6) is 0 Å². The Kier molecular flexibility index (Phi) is 8.31. The van der Waals surface area contributed by atoms with E-state index in [1.54, 1.807) is 7.11 Å². The molecule has 0 atom stereocenters. The highest BCUT2D eigenvalue weighted by Crippen LogP contribution is 2.20. The summed E-state index contributed by atoms with van der Waals surface area (Å²) in [6.07, 6.45) is 2.25. The fourth-order valence-corrected chi connectivity index (χ4v) is 2.64. The van der Waals surface area contributed by atoms with Gasteiger partial charge < -0.3 is 15.0 Å². The summed E-state index contributed by atoms with van der Waals surface area (Å²) in [6, 6.07) is 4.89. The van der Waals surface area contributed by atoms with Crippen LogP contribution in [-0.4, -0.2) is 37.8 Å². The second kappa shape index (κ2) is 9.74. The minimum Gasteiger partial charge on any atom is -0.383 e. The number of rotatable bonds is 10. The standard InChI is InChI=1S/C17H31N3O/c1-6-16(7-2)20(9-10-21-5)17-12-15(13-18-8-3)11-14(4)19-17/h11-12,16,18H,6-10,13H2,1-5H3. The van der Waals surface area contributed by atoms with Crippen LogP contribution in [0, 0.1) is 6.92 Å². The van der Waals surface area contributed by atoms with Gasteiger partial charge in [0, 0.05) is 31.9 Å². The molecular formula is C17H31N3O. The van der Waals surface area contributed by atoms with Gasteiger partial charge in [0.05, 0.1) is 6.61 Å². The molecule has 0 spiro atoms. The summed E-state index contributed by atoms with van der Waals surface area (Å²) in [5, 5.41) is 3.39. The van der Waals surface area contributed by atoms with E-state index in [0.717, 1.165) is 50.6 Å². The summed E-state index contributed by atoms with van der Waals surface area (Å²) >= 11 is 0. The molecule has 0 aromatic carbocycles. The number of ether oxygens (including phenoxy) is 1. The predicted octanol–water partition coefficient (Wildman–Crippen LogP) is 3.14. The maximum atomic E-state index is 5.28. The smallest absolute Gasteiger partial charge is 0.129 e. The lowest BCUT2D eigenvalue weighted by Gasteiger charge is -2.32. The molecule has 120 valence electrons. The molecule has 4 nitrogen and oxygen atoms in total. The SMILES string of the molecule is CCNCc1cc(C)nc(N(CCOC)C(CC)CC)c1. The van der Waals surface area contributed by atoms with Crippen molar-refractivity contribution in [3.8, 4) is 0 Å². The van der Waals surface area contributed by atoms with Gasteiger partial charge in [0.2, 0.25) is 0 Å². The third-order valence-corrected chi connectivity index (χ3v) is 3.79. The summed E-state index contributed by atoms with van der Waals surface area (Å²) in [4.78, 5) is 7.15. The topological polar surface area (TPSA) is 37.4 Å². The van der Waals surface area contributed by atoms with Gasteiger partial charge in [-0.05, 0) is 44.0 Å². The van der Waals surface area contributed by atoms with Crippen LogP contribution < -0.4 is 10.2 Å². The summed E-state index contributed by atoms with van der Waals surface area (Å²) < 4.78 is 5.28. The zero-order valence-corrected chi connectivity index (χ0v) is 14.3. The Bertz CT molecular complexity index is 405. The molecule has 0 saturated carbocycles. The van der Waals surface area contributed by atoms with Crippen molar-refractivity contribution in [2.75, 3.05) is 31.7 Å². The molecule has 4 heteroatoms. The molecule has 0 aliphatic rings. The molecule has 0 radical (unpaired) electrons. The zero-order valence-electron chi connectivity index (χ0n) is 14.3. The number of hydrogen-bond acceptors (Lipinski definition) is 4. The first-order chi connectivity index (χ1) is 10.2. The van der Waals surface area contributed by atoms with Crippen LogP contribution in [0.4, 0.5) is 5.82 Å². The second-order valence-corrected chi connectivity index (χ2v) is 5.41. The van der Waals surface area contributed by atoms with Crippen molar-refractivity contribution in [2.24, 2.45) is 0 Å². The number of aryl methyl sites for hydroxylation is 1. The molecule has 0 amide bonds. The van der Waals surface area contributed by atoms with E-state index in [9.17, 15) is 0 Å². The normalized spacial score (nSPS) is 11.1. The molecule has 1 N–H and O–H groups in total. The van der Waals surface area contributed by atoms with Crippen LogP contribution in [0.25, 0.3) is 0 Å². The van der Waals surface area contributed by atoms with Crippen molar-refractivity contribution in [1.29, 1.82) is 0 Å². The van der Waals surface area contributed by atoms with E-state index in [1.807, 2.05) is 0 Å². The lowest BCUT2D eigenvalue weighted by atomic mass is 10.1. The Morgan fingerprint density at radius 3 is 2.52 bits per heavy atom. The highest BCUT2D eigenvalue weighted by atomic mass is 16.5. The van der Waals surface area contributed by atoms with Gasteiger partial charge in [-0.3, -0.25) is 0 Å². The van der Waals surface area contributed by atoms with E-state index < -0.39 is 0 Å². The number of anilines is 1. The number of methoxy groups -OCH3 is 1. The van der Waals surface area contributed by atoms with Gasteiger partial charge in [-0.2, -0.15) is 0 Å². The van der Waals surface area contributed by atoms with Crippen LogP contribution in [0.1, 0.15) is 44.9 Å². The predicted molar refractivity (Wildman–Crippen MR) is 89.9 cm³/mol. The molecule has 0 aliphatic carbocycles. The first kappa shape index (κ1) is 17.9. The minimum atomic E-state index is 0.515. The van der Waals surface area contributed by atoms with Crippen LogP contribution in [0.15, 0.2) is 12.1 Å². The van der Waals surface area contributed by atoms with E-state index in [4.69, 9.17) is 9.72 Å². The Labute approximate surface area is 129 Å². The van der Waals surface area contributed by atoms with Crippen LogP contribution in [0.3, 0.4) is 0 Å². The summed E-state index contributed by atoms with van der Waals surface area (Å²) in [7, 11) is 1.76. The molecule has 1 aromatic heterocycles. The number of pyridine rings is 1. The number of hydrogen-bond donors (Lipinski definition) is 1. The van der Waals surface area contributed by atoms with Gasteiger partial charge in [0.1, 0.15) is 5.82 Å². The maximum absolute atomic E-state index is 5.28. The van der Waals surface area contributed by atoms with Crippen molar-refractivity contribution in [2.45, 2.75) is 53.1 Å². The Hall–Kier alpha value is -1.13. The molecule has 0 saturated heterocycles. The third-order valence-electron chi connectivity index (χ3n) is 3.79. The second-order valence-electron chi connectivity index (χ2n) is 5.41. The largest absolute Gasteiger partial charge is 0.383 e. The van der Waals surface area contributed by atoms with E-state index in [0.29, 0.717) is 6.04 Å². The van der Waals surface area contributed by atoms with Gasteiger partial charge in [0.25, 0.3) is 0 Å². The molecule has 0 aliphatic heterocycles. The first-order valence-corrected chi connectivity index (χ1v) is 8.10. The van der Waals surface area contributed by atoms with Crippen molar-refractivity contribution >= 4 is 5.82 Å². The van der Waals surface area contributed by atoms with Crippen molar-refractivity contribution < 1.29 is 4.74 Å². The minimum absolute atomic E-state index is 0.515. The van der Waals surface area contributed by atoms with Crippen LogP contribution in [0.2, 0.25) is 0 Å². The molecule has 21 heavy (non-hydrogen) atoms. The lowest BCUT2D eigenvalue weighted by Crippen LogP contribution is -2.38. The zero-order chi connectivity index (χ0) is 15.7. The Balaban J connectivity index is 3.01. The quantitative estimate of drug-likeness (QED) is 0.719. The maximum Gasteiger partial charge on any atom is 0.129 e. The van der Waals surface area contributed by atoms with Crippen LogP contribution in [-0.2, 0) is 11.3 Å². The van der Waals surface area contributed by atoms with Crippen molar-refractivity contribution in [1.82, 2.24) is 10.3 Å². The average Bonchev–Trinajstić information content (AvgIpc) is 2.48. The monoisotopic (exact) mass is 293 g/mol. The van der Waals surface area contributed by atoms with Gasteiger partial charge in [-0.25, -0.2) is 4.98 Å². The number of nitrogens with one attached hydrogen (secondary N) is 1. The molecule has 0 bridgehead atoms. The fraction of sp³-hybridized carbons (Fsp3) is 0.706. The van der Waals surface area contributed by atoms with E-state index in [2.05, 4.69) is 50.0 Å². The van der Waals surface area contributed by atoms with Gasteiger partial charge >= 0.3 is 0 Å². The van der Waals surface area contributed by atoms with Crippen molar-refractivity contribution in [3.05, 3.63) is 23.4 Å². The highest BCUT2D eigenvalue weighted by Gasteiger charge is 2.17. The lowest BCUT2D eigenvalue weighted by molar-refractivity contribution is 0.202. The summed E-state index contributed by atoms with van der Waals surface area (Å²) in [5.74, 6) is 1.08. The average molecular weight is 293 g/mol. The Morgan fingerprint density at radius 1 is 1.24 bits per heavy atom. The molecule has 1 rings (SSSR count). The summed E-state index contributed by atoms with van der Waals surface area (Å²) in [6.45, 7) is 12.2. The highest BCUT2D eigenvalue weighted by molar-refractivity contribution is 5.44. The van der Waals surface area contributed by atoms with Gasteiger partial charge in [-0.15, -0.1) is 0 Å². The number of aromatic nitrogens is 1. The molecule has 1 heterocycles. The molecule has 0 fully saturated rings. The van der Waals surface area contributed by atoms with Crippen LogP contribution >= 0.6 is 0 Å². The molecule has 1 aromatic rings. The van der Waals surface area contributed by atoms with Gasteiger partial charge in [0.15, 0.2) is 0 Å². The summed E-state index contributed by atoms with van der Waals surface area (Å²) in [5.41, 5.74) is 2.38. The molecular weight excluding hydrogens is 262 g/mol. The van der Waals surface area contributed by atoms with Gasteiger partial charge in [-0.1, -0.05) is 20.8 Å². The fourth-order valence-electron chi connectivity index (χ4n) is 2.64.